The fourth-order valence-corrected chi connectivity index (χ4v) is 4.51. The first-order valence-electron chi connectivity index (χ1n) is 10.5. The molecular weight excluding hydrogens is 452 g/mol. The van der Waals surface area contributed by atoms with Crippen molar-refractivity contribution in [1.29, 1.82) is 0 Å². The van der Waals surface area contributed by atoms with Crippen LogP contribution >= 0.6 is 11.6 Å². The van der Waals surface area contributed by atoms with E-state index in [9.17, 15) is 18.0 Å². The van der Waals surface area contributed by atoms with Gasteiger partial charge in [-0.1, -0.05) is 42.6 Å². The van der Waals surface area contributed by atoms with E-state index in [2.05, 4.69) is 15.5 Å². The molecule has 1 aliphatic rings. The van der Waals surface area contributed by atoms with Crippen LogP contribution in [0.1, 0.15) is 41.6 Å². The minimum absolute atomic E-state index is 0.00442. The van der Waals surface area contributed by atoms with Crippen LogP contribution in [-0.2, 0) is 16.4 Å². The number of halogens is 1. The smallest absolute Gasteiger partial charge is 0.343 e. The highest BCUT2D eigenvalue weighted by molar-refractivity contribution is 7.90. The van der Waals surface area contributed by atoms with Gasteiger partial charge in [0.1, 0.15) is 0 Å². The number of hydrazine groups is 1. The quantitative estimate of drug-likeness (QED) is 0.566. The molecule has 1 saturated heterocycles. The Labute approximate surface area is 193 Å². The predicted octanol–water partition coefficient (Wildman–Crippen LogP) is 3.09. The van der Waals surface area contributed by atoms with E-state index in [0.29, 0.717) is 36.6 Å². The first-order valence-corrected chi connectivity index (χ1v) is 12.4. The molecule has 0 atom stereocenters. The lowest BCUT2D eigenvalue weighted by Crippen LogP contribution is -2.49. The molecule has 2 aromatic rings. The number of hydrogen-bond acceptors (Lipinski definition) is 5. The summed E-state index contributed by atoms with van der Waals surface area (Å²) in [5.74, 6) is -0.230. The van der Waals surface area contributed by atoms with Gasteiger partial charge in [0.05, 0.1) is 4.90 Å². The lowest BCUT2D eigenvalue weighted by atomic mass is 10.1. The molecule has 8 nitrogen and oxygen atoms in total. The summed E-state index contributed by atoms with van der Waals surface area (Å²) in [5, 5.41) is 5.04. The fourth-order valence-electron chi connectivity index (χ4n) is 3.42. The topological polar surface area (TPSA) is 108 Å². The van der Waals surface area contributed by atoms with Gasteiger partial charge in [-0.25, -0.2) is 22.9 Å². The van der Waals surface area contributed by atoms with E-state index in [-0.39, 0.29) is 10.8 Å². The second kappa shape index (κ2) is 11.3. The van der Waals surface area contributed by atoms with Gasteiger partial charge in [0.25, 0.3) is 15.9 Å². The lowest BCUT2D eigenvalue weighted by molar-refractivity contribution is 0.0954. The normalized spacial score (nSPS) is 14.9. The molecule has 0 aromatic heterocycles. The van der Waals surface area contributed by atoms with E-state index >= 15 is 0 Å². The van der Waals surface area contributed by atoms with Crippen LogP contribution in [0.5, 0.6) is 0 Å². The van der Waals surface area contributed by atoms with Crippen molar-refractivity contribution in [2.75, 3.05) is 19.6 Å². The van der Waals surface area contributed by atoms with Crippen molar-refractivity contribution in [3.05, 3.63) is 64.7 Å². The summed E-state index contributed by atoms with van der Waals surface area (Å²) in [6.45, 7) is 1.79. The van der Waals surface area contributed by atoms with Crippen molar-refractivity contribution in [3.63, 3.8) is 0 Å². The molecule has 32 heavy (non-hydrogen) atoms. The number of carbonyl (C=O) groups is 2. The standard InChI is InChI=1S/C22H27ClN4O4S/c23-19-7-5-6-18(16-19)21(28)24-13-12-17-8-10-20(11-9-17)32(30,31)26-22(29)25-27-14-3-1-2-4-15-27/h5-11,16H,1-4,12-15H2,(H,24,28)(H2,25,26,29). The summed E-state index contributed by atoms with van der Waals surface area (Å²) in [4.78, 5) is 24.3. The van der Waals surface area contributed by atoms with Gasteiger partial charge < -0.3 is 5.32 Å². The zero-order valence-corrected chi connectivity index (χ0v) is 19.2. The van der Waals surface area contributed by atoms with Crippen LogP contribution in [0.4, 0.5) is 4.79 Å². The molecule has 0 spiro atoms. The summed E-state index contributed by atoms with van der Waals surface area (Å²) < 4.78 is 27.0. The molecule has 1 aliphatic heterocycles. The molecule has 3 amide bonds. The van der Waals surface area contributed by atoms with Crippen LogP contribution in [-0.4, -0.2) is 45.0 Å². The number of amides is 3. The molecule has 10 heteroatoms. The fraction of sp³-hybridized carbons (Fsp3) is 0.364. The molecular formula is C22H27ClN4O4S. The third-order valence-electron chi connectivity index (χ3n) is 5.11. The second-order valence-electron chi connectivity index (χ2n) is 7.61. The molecule has 3 N–H and O–H groups in total. The minimum atomic E-state index is -3.98. The zero-order valence-electron chi connectivity index (χ0n) is 17.6. The highest BCUT2D eigenvalue weighted by Crippen LogP contribution is 2.13. The number of benzene rings is 2. The molecule has 1 fully saturated rings. The molecule has 1 heterocycles. The van der Waals surface area contributed by atoms with E-state index in [4.69, 9.17) is 11.6 Å². The highest BCUT2D eigenvalue weighted by Gasteiger charge is 2.19. The van der Waals surface area contributed by atoms with E-state index in [0.717, 1.165) is 31.2 Å². The molecule has 0 saturated carbocycles. The number of nitrogens with zero attached hydrogens (tertiary/aromatic N) is 1. The first kappa shape index (κ1) is 24.0. The average Bonchev–Trinajstić information content (AvgIpc) is 3.02. The van der Waals surface area contributed by atoms with Crippen molar-refractivity contribution >= 4 is 33.6 Å². The first-order chi connectivity index (χ1) is 15.3. The van der Waals surface area contributed by atoms with Crippen LogP contribution in [0.15, 0.2) is 53.4 Å². The Kier molecular flexibility index (Phi) is 8.49. The van der Waals surface area contributed by atoms with Gasteiger partial charge in [-0.2, -0.15) is 0 Å². The largest absolute Gasteiger partial charge is 0.352 e. The molecule has 3 rings (SSSR count). The Balaban J connectivity index is 1.49. The number of hydrogen-bond donors (Lipinski definition) is 3. The van der Waals surface area contributed by atoms with Crippen LogP contribution in [0.3, 0.4) is 0 Å². The van der Waals surface area contributed by atoms with Crippen LogP contribution < -0.4 is 15.5 Å². The van der Waals surface area contributed by atoms with Crippen molar-refractivity contribution < 1.29 is 18.0 Å². The van der Waals surface area contributed by atoms with Gasteiger partial charge in [0.2, 0.25) is 0 Å². The molecule has 0 bridgehead atoms. The van der Waals surface area contributed by atoms with Crippen LogP contribution in [0.2, 0.25) is 5.02 Å². The Morgan fingerprint density at radius 3 is 2.31 bits per heavy atom. The van der Waals surface area contributed by atoms with Crippen LogP contribution in [0, 0.1) is 0 Å². The van der Waals surface area contributed by atoms with Crippen molar-refractivity contribution in [2.24, 2.45) is 0 Å². The van der Waals surface area contributed by atoms with Crippen molar-refractivity contribution in [1.82, 2.24) is 20.5 Å². The maximum atomic E-state index is 12.5. The van der Waals surface area contributed by atoms with Gasteiger partial charge in [0.15, 0.2) is 0 Å². The van der Waals surface area contributed by atoms with E-state index in [1.54, 1.807) is 41.4 Å². The third kappa shape index (κ3) is 7.22. The predicted molar refractivity (Wildman–Crippen MR) is 123 cm³/mol. The summed E-state index contributed by atoms with van der Waals surface area (Å²) in [6, 6.07) is 12.1. The monoisotopic (exact) mass is 478 g/mol. The minimum Gasteiger partial charge on any atom is -0.352 e. The molecule has 2 aromatic carbocycles. The lowest BCUT2D eigenvalue weighted by Gasteiger charge is -2.20. The van der Waals surface area contributed by atoms with Crippen LogP contribution in [0.25, 0.3) is 0 Å². The number of rotatable bonds is 7. The maximum Gasteiger partial charge on any atom is 0.343 e. The van der Waals surface area contributed by atoms with E-state index in [1.807, 2.05) is 0 Å². The van der Waals surface area contributed by atoms with Crippen molar-refractivity contribution in [3.8, 4) is 0 Å². The van der Waals surface area contributed by atoms with Gasteiger partial charge in [-0.05, 0) is 55.2 Å². The molecule has 172 valence electrons. The van der Waals surface area contributed by atoms with Gasteiger partial charge in [0, 0.05) is 30.2 Å². The molecule has 0 unspecified atom stereocenters. The highest BCUT2D eigenvalue weighted by atomic mass is 35.5. The Bertz CT molecular complexity index is 1040. The summed E-state index contributed by atoms with van der Waals surface area (Å²) >= 11 is 5.90. The van der Waals surface area contributed by atoms with E-state index in [1.165, 1.54) is 12.1 Å². The number of nitrogens with one attached hydrogen (secondary N) is 3. The van der Waals surface area contributed by atoms with Gasteiger partial charge >= 0.3 is 6.03 Å². The third-order valence-corrected chi connectivity index (χ3v) is 6.69. The second-order valence-corrected chi connectivity index (χ2v) is 9.73. The number of carbonyl (C=O) groups excluding carboxylic acids is 2. The van der Waals surface area contributed by atoms with Crippen molar-refractivity contribution in [2.45, 2.75) is 37.0 Å². The maximum absolute atomic E-state index is 12.5. The van der Waals surface area contributed by atoms with Gasteiger partial charge in [-0.15, -0.1) is 0 Å². The summed E-state index contributed by atoms with van der Waals surface area (Å²) in [5.41, 5.74) is 3.93. The average molecular weight is 479 g/mol. The van der Waals surface area contributed by atoms with Gasteiger partial charge in [-0.3, -0.25) is 10.2 Å². The summed E-state index contributed by atoms with van der Waals surface area (Å²) in [7, 11) is -3.98. The Morgan fingerprint density at radius 2 is 1.66 bits per heavy atom. The Hall–Kier alpha value is -2.62. The number of sulfonamides is 1. The number of urea groups is 1. The molecule has 0 aliphatic carbocycles. The molecule has 0 radical (unpaired) electrons. The Morgan fingerprint density at radius 1 is 0.969 bits per heavy atom. The van der Waals surface area contributed by atoms with E-state index < -0.39 is 16.1 Å². The zero-order chi connectivity index (χ0) is 23.0. The SMILES string of the molecule is O=C(NN1CCCCCC1)NS(=O)(=O)c1ccc(CCNC(=O)c2cccc(Cl)c2)cc1. The summed E-state index contributed by atoms with van der Waals surface area (Å²) in [6.07, 6.45) is 4.67.